The van der Waals surface area contributed by atoms with Crippen molar-refractivity contribution in [2.75, 3.05) is 25.4 Å². The fourth-order valence-corrected chi connectivity index (χ4v) is 13.5. The van der Waals surface area contributed by atoms with Crippen LogP contribution in [0.2, 0.25) is 16.6 Å². The van der Waals surface area contributed by atoms with Crippen LogP contribution in [0.15, 0.2) is 35.2 Å². The SMILES string of the molecule is CC(C)[Si](OC1CCN(C[C@H]2COC(C)(C)O2)C1CS(=O)(=O)c1ccccc1)(C(C)C)C(C)C. The Morgan fingerprint density at radius 3 is 2.15 bits per heavy atom. The molecule has 2 heterocycles. The molecule has 0 amide bonds. The predicted octanol–water partition coefficient (Wildman–Crippen LogP) is 5.25. The number of hydrogen-bond donors (Lipinski definition) is 0. The van der Waals surface area contributed by atoms with E-state index >= 15 is 0 Å². The Kier molecular flexibility index (Phi) is 8.74. The molecule has 0 aromatic heterocycles. The number of likely N-dealkylation sites (tertiary alicyclic amines) is 1. The maximum Gasteiger partial charge on any atom is 0.200 e. The van der Waals surface area contributed by atoms with Gasteiger partial charge in [0.1, 0.15) is 0 Å². The molecule has 0 bridgehead atoms. The van der Waals surface area contributed by atoms with Gasteiger partial charge in [-0.1, -0.05) is 59.7 Å². The summed E-state index contributed by atoms with van der Waals surface area (Å²) in [5.74, 6) is -0.543. The Labute approximate surface area is 208 Å². The van der Waals surface area contributed by atoms with E-state index in [1.165, 1.54) is 0 Å². The molecular weight excluding hydrogens is 466 g/mol. The highest BCUT2D eigenvalue weighted by atomic mass is 32.2. The van der Waals surface area contributed by atoms with Gasteiger partial charge in [0.05, 0.1) is 29.5 Å². The van der Waals surface area contributed by atoms with E-state index in [1.807, 2.05) is 19.9 Å². The van der Waals surface area contributed by atoms with Crippen molar-refractivity contribution in [1.82, 2.24) is 4.90 Å². The van der Waals surface area contributed by atoms with Gasteiger partial charge in [-0.3, -0.25) is 4.90 Å². The van der Waals surface area contributed by atoms with Crippen molar-refractivity contribution in [2.24, 2.45) is 0 Å². The summed E-state index contributed by atoms with van der Waals surface area (Å²) in [4.78, 5) is 2.66. The lowest BCUT2D eigenvalue weighted by Gasteiger charge is -2.45. The molecule has 0 spiro atoms. The number of hydrogen-bond acceptors (Lipinski definition) is 6. The molecule has 6 nitrogen and oxygen atoms in total. The minimum atomic E-state index is -3.46. The molecule has 2 aliphatic rings. The molecule has 3 rings (SSSR count). The van der Waals surface area contributed by atoms with Gasteiger partial charge in [0.25, 0.3) is 0 Å². The Hall–Kier alpha value is -0.773. The summed E-state index contributed by atoms with van der Waals surface area (Å²) in [5, 5.41) is 0. The third-order valence-electron chi connectivity index (χ3n) is 7.66. The molecule has 0 aliphatic carbocycles. The van der Waals surface area contributed by atoms with Gasteiger partial charge in [-0.05, 0) is 49.0 Å². The van der Waals surface area contributed by atoms with E-state index in [-0.39, 0.29) is 24.0 Å². The van der Waals surface area contributed by atoms with Crippen LogP contribution in [0.25, 0.3) is 0 Å². The summed E-state index contributed by atoms with van der Waals surface area (Å²) in [6.45, 7) is 19.5. The second kappa shape index (κ2) is 10.7. The molecule has 0 saturated carbocycles. The molecule has 0 radical (unpaired) electrons. The van der Waals surface area contributed by atoms with E-state index in [0.29, 0.717) is 34.7 Å². The first-order valence-corrected chi connectivity index (χ1v) is 16.6. The van der Waals surface area contributed by atoms with Crippen LogP contribution in [-0.4, -0.2) is 71.1 Å². The summed E-state index contributed by atoms with van der Waals surface area (Å²) in [6.07, 6.45) is 0.665. The third kappa shape index (κ3) is 5.95. The van der Waals surface area contributed by atoms with Gasteiger partial charge in [0.15, 0.2) is 15.6 Å². The Balaban J connectivity index is 1.90. The minimum Gasteiger partial charge on any atom is -0.411 e. The van der Waals surface area contributed by atoms with Crippen molar-refractivity contribution in [1.29, 1.82) is 0 Å². The smallest absolute Gasteiger partial charge is 0.200 e. The van der Waals surface area contributed by atoms with Crippen LogP contribution in [0, 0.1) is 0 Å². The fraction of sp³-hybridized carbons (Fsp3) is 0.769. The molecular formula is C26H45NO5SSi. The van der Waals surface area contributed by atoms with Gasteiger partial charge >= 0.3 is 0 Å². The van der Waals surface area contributed by atoms with Crippen molar-refractivity contribution in [3.8, 4) is 0 Å². The van der Waals surface area contributed by atoms with Crippen LogP contribution in [0.1, 0.15) is 61.8 Å². The van der Waals surface area contributed by atoms with Gasteiger partial charge in [-0.15, -0.1) is 0 Å². The van der Waals surface area contributed by atoms with Crippen LogP contribution < -0.4 is 0 Å². The monoisotopic (exact) mass is 511 g/mol. The lowest BCUT2D eigenvalue weighted by molar-refractivity contribution is -0.140. The zero-order valence-corrected chi connectivity index (χ0v) is 24.1. The topological polar surface area (TPSA) is 65.1 Å². The molecule has 1 aromatic rings. The van der Waals surface area contributed by atoms with Crippen molar-refractivity contribution < 1.29 is 22.3 Å². The van der Waals surface area contributed by atoms with E-state index in [1.54, 1.807) is 24.3 Å². The summed E-state index contributed by atoms with van der Waals surface area (Å²) >= 11 is 0. The fourth-order valence-electron chi connectivity index (χ4n) is 6.20. The molecule has 0 N–H and O–H groups in total. The first-order chi connectivity index (χ1) is 15.8. The summed E-state index contributed by atoms with van der Waals surface area (Å²) < 4.78 is 46.0. The van der Waals surface area contributed by atoms with Crippen LogP contribution in [0.3, 0.4) is 0 Å². The number of benzene rings is 1. The van der Waals surface area contributed by atoms with Crippen LogP contribution in [-0.2, 0) is 23.7 Å². The van der Waals surface area contributed by atoms with Crippen LogP contribution in [0.5, 0.6) is 0 Å². The molecule has 2 aliphatic heterocycles. The molecule has 34 heavy (non-hydrogen) atoms. The van der Waals surface area contributed by atoms with E-state index in [9.17, 15) is 8.42 Å². The Morgan fingerprint density at radius 1 is 1.06 bits per heavy atom. The summed E-state index contributed by atoms with van der Waals surface area (Å²) in [6, 6.07) is 8.59. The first-order valence-electron chi connectivity index (χ1n) is 12.8. The van der Waals surface area contributed by atoms with Gasteiger partial charge in [0, 0.05) is 19.1 Å². The van der Waals surface area contributed by atoms with Crippen LogP contribution >= 0.6 is 0 Å². The Bertz CT molecular complexity index is 881. The van der Waals surface area contributed by atoms with E-state index < -0.39 is 23.9 Å². The standard InChI is InChI=1S/C26H45NO5SSi/c1-19(2)34(20(3)4,21(5)6)32-25-14-15-27(16-22-17-30-26(7,8)31-22)24(25)18-33(28,29)23-12-10-9-11-13-23/h9-13,19-22,24-25H,14-18H2,1-8H3/t22-,24?,25?/m0/s1. The van der Waals surface area contributed by atoms with E-state index in [0.717, 1.165) is 13.0 Å². The molecule has 3 atom stereocenters. The second-order valence-electron chi connectivity index (χ2n) is 11.4. The van der Waals surface area contributed by atoms with Crippen molar-refractivity contribution in [3.05, 3.63) is 30.3 Å². The van der Waals surface area contributed by atoms with E-state index in [2.05, 4.69) is 46.4 Å². The Morgan fingerprint density at radius 2 is 1.65 bits per heavy atom. The average molecular weight is 512 g/mol. The van der Waals surface area contributed by atoms with Crippen LogP contribution in [0.4, 0.5) is 0 Å². The average Bonchev–Trinajstić information content (AvgIpc) is 3.27. The molecule has 8 heteroatoms. The van der Waals surface area contributed by atoms with Gasteiger partial charge in [-0.25, -0.2) is 8.42 Å². The molecule has 2 saturated heterocycles. The van der Waals surface area contributed by atoms with Gasteiger partial charge in [0.2, 0.25) is 8.32 Å². The second-order valence-corrected chi connectivity index (χ2v) is 18.8. The highest BCUT2D eigenvalue weighted by molar-refractivity contribution is 7.91. The van der Waals surface area contributed by atoms with Gasteiger partial charge in [-0.2, -0.15) is 0 Å². The quantitative estimate of drug-likeness (QED) is 0.400. The maximum absolute atomic E-state index is 13.5. The number of ether oxygens (including phenoxy) is 2. The highest BCUT2D eigenvalue weighted by Gasteiger charge is 2.50. The molecule has 194 valence electrons. The number of rotatable bonds is 10. The lowest BCUT2D eigenvalue weighted by atomic mass is 10.2. The number of sulfone groups is 1. The third-order valence-corrected chi connectivity index (χ3v) is 15.6. The van der Waals surface area contributed by atoms with Crippen molar-refractivity contribution in [2.45, 2.75) is 107 Å². The first kappa shape index (κ1) is 27.8. The summed E-state index contributed by atoms with van der Waals surface area (Å²) in [7, 11) is -5.62. The zero-order chi connectivity index (χ0) is 25.3. The zero-order valence-electron chi connectivity index (χ0n) is 22.3. The van der Waals surface area contributed by atoms with Crippen molar-refractivity contribution in [3.63, 3.8) is 0 Å². The summed E-state index contributed by atoms with van der Waals surface area (Å²) in [5.41, 5.74) is 1.33. The molecule has 1 aromatic carbocycles. The van der Waals surface area contributed by atoms with Crippen molar-refractivity contribution >= 4 is 18.2 Å². The number of nitrogens with zero attached hydrogens (tertiary/aromatic N) is 1. The largest absolute Gasteiger partial charge is 0.411 e. The highest BCUT2D eigenvalue weighted by Crippen LogP contribution is 2.45. The lowest BCUT2D eigenvalue weighted by Crippen LogP contribution is -2.54. The normalized spacial score (nSPS) is 26.3. The predicted molar refractivity (Wildman–Crippen MR) is 139 cm³/mol. The molecule has 2 fully saturated rings. The van der Waals surface area contributed by atoms with E-state index in [4.69, 9.17) is 13.9 Å². The maximum atomic E-state index is 13.5. The molecule has 2 unspecified atom stereocenters. The minimum absolute atomic E-state index is 0.0530. The van der Waals surface area contributed by atoms with Gasteiger partial charge < -0.3 is 13.9 Å².